The zero-order valence-corrected chi connectivity index (χ0v) is 21.9. The molecule has 4 aromatic rings. The van der Waals surface area contributed by atoms with Crippen molar-refractivity contribution in [2.75, 3.05) is 6.54 Å². The fourth-order valence-corrected chi connectivity index (χ4v) is 4.86. The third-order valence-electron chi connectivity index (χ3n) is 6.67. The maximum Gasteiger partial charge on any atom is 0.237 e. The van der Waals surface area contributed by atoms with E-state index in [4.69, 9.17) is 16.3 Å². The Hall–Kier alpha value is -3.71. The molecule has 5 rings (SSSR count). The van der Waals surface area contributed by atoms with Crippen LogP contribution in [0.3, 0.4) is 0 Å². The smallest absolute Gasteiger partial charge is 0.237 e. The molecule has 0 saturated carbocycles. The lowest BCUT2D eigenvalue weighted by Gasteiger charge is -2.23. The molecule has 2 atom stereocenters. The summed E-state index contributed by atoms with van der Waals surface area (Å²) in [7, 11) is 0. The Kier molecular flexibility index (Phi) is 8.66. The number of hydrogen-bond donors (Lipinski definition) is 2. The maximum atomic E-state index is 13.3. The van der Waals surface area contributed by atoms with Gasteiger partial charge in [-0.1, -0.05) is 60.1 Å². The molecule has 38 heavy (non-hydrogen) atoms. The highest BCUT2D eigenvalue weighted by Gasteiger charge is 2.36. The fraction of sp³-hybridized carbons (Fsp3) is 0.226. The topological polar surface area (TPSA) is 66.5 Å². The summed E-state index contributed by atoms with van der Waals surface area (Å²) in [6.45, 7) is 2.61. The third-order valence-corrected chi connectivity index (χ3v) is 6.92. The van der Waals surface area contributed by atoms with E-state index in [9.17, 15) is 4.79 Å². The summed E-state index contributed by atoms with van der Waals surface area (Å²) in [5.41, 5.74) is 3.24. The predicted molar refractivity (Wildman–Crippen MR) is 150 cm³/mol. The molecule has 1 fully saturated rings. The van der Waals surface area contributed by atoms with E-state index in [1.807, 2.05) is 78.9 Å². The fourth-order valence-electron chi connectivity index (χ4n) is 4.74. The van der Waals surface area contributed by atoms with Gasteiger partial charge in [0.15, 0.2) is 0 Å². The van der Waals surface area contributed by atoms with Crippen molar-refractivity contribution in [3.05, 3.63) is 125 Å². The number of aromatic nitrogens is 1. The van der Waals surface area contributed by atoms with Gasteiger partial charge in [0.05, 0.1) is 6.04 Å². The van der Waals surface area contributed by atoms with Gasteiger partial charge in [-0.25, -0.2) is 0 Å². The first-order valence-electron chi connectivity index (χ1n) is 12.8. The molecule has 0 radical (unpaired) electrons. The first kappa shape index (κ1) is 25.9. The van der Waals surface area contributed by atoms with Crippen LogP contribution >= 0.6 is 11.6 Å². The number of nitrogens with zero attached hydrogens (tertiary/aromatic N) is 2. The number of ether oxygens (including phenoxy) is 1. The van der Waals surface area contributed by atoms with Crippen LogP contribution in [0, 0.1) is 0 Å². The molecule has 194 valence electrons. The Morgan fingerprint density at radius 2 is 1.68 bits per heavy atom. The number of carbonyl (C=O) groups is 1. The van der Waals surface area contributed by atoms with Gasteiger partial charge < -0.3 is 15.4 Å². The lowest BCUT2D eigenvalue weighted by molar-refractivity contribution is -0.125. The second-order valence-electron chi connectivity index (χ2n) is 9.53. The molecule has 6 nitrogen and oxygen atoms in total. The molecular formula is C31H31ClN4O2. The second-order valence-corrected chi connectivity index (χ2v) is 9.96. The summed E-state index contributed by atoms with van der Waals surface area (Å²) >= 11 is 6.08. The van der Waals surface area contributed by atoms with E-state index < -0.39 is 0 Å². The molecule has 2 heterocycles. The number of nitrogens with one attached hydrogen (secondary N) is 2. The van der Waals surface area contributed by atoms with Gasteiger partial charge in [0.25, 0.3) is 0 Å². The average Bonchev–Trinajstić information content (AvgIpc) is 3.36. The molecule has 1 aliphatic heterocycles. The molecule has 1 saturated heterocycles. The van der Waals surface area contributed by atoms with Crippen LogP contribution in [0.4, 0.5) is 0 Å². The minimum absolute atomic E-state index is 0.0328. The van der Waals surface area contributed by atoms with Crippen LogP contribution in [-0.4, -0.2) is 34.4 Å². The van der Waals surface area contributed by atoms with Crippen molar-refractivity contribution in [2.45, 2.75) is 38.1 Å². The second kappa shape index (κ2) is 12.7. The number of likely N-dealkylation sites (tertiary alicyclic amines) is 1. The van der Waals surface area contributed by atoms with Crippen LogP contribution in [0.2, 0.25) is 5.02 Å². The molecule has 1 aromatic heterocycles. The van der Waals surface area contributed by atoms with Crippen molar-refractivity contribution >= 4 is 17.5 Å². The maximum absolute atomic E-state index is 13.3. The highest BCUT2D eigenvalue weighted by molar-refractivity contribution is 6.30. The zero-order chi connectivity index (χ0) is 26.2. The van der Waals surface area contributed by atoms with Crippen molar-refractivity contribution in [1.82, 2.24) is 20.5 Å². The Morgan fingerprint density at radius 1 is 0.895 bits per heavy atom. The van der Waals surface area contributed by atoms with Gasteiger partial charge in [0.1, 0.15) is 11.5 Å². The molecule has 2 N–H and O–H groups in total. The van der Waals surface area contributed by atoms with E-state index in [0.29, 0.717) is 24.7 Å². The van der Waals surface area contributed by atoms with Gasteiger partial charge >= 0.3 is 0 Å². The molecule has 7 heteroatoms. The lowest BCUT2D eigenvalue weighted by Crippen LogP contribution is -2.42. The Bertz CT molecular complexity index is 1320. The lowest BCUT2D eigenvalue weighted by atomic mass is 10.1. The van der Waals surface area contributed by atoms with Crippen LogP contribution in [0.15, 0.2) is 103 Å². The van der Waals surface area contributed by atoms with Gasteiger partial charge in [-0.15, -0.1) is 0 Å². The minimum atomic E-state index is -0.229. The van der Waals surface area contributed by atoms with Gasteiger partial charge in [-0.3, -0.25) is 14.7 Å². The normalized spacial score (nSPS) is 17.3. The number of hydrogen-bond acceptors (Lipinski definition) is 5. The third kappa shape index (κ3) is 7.19. The molecule has 0 unspecified atom stereocenters. The molecule has 0 aliphatic carbocycles. The van der Waals surface area contributed by atoms with E-state index in [1.165, 1.54) is 0 Å². The summed E-state index contributed by atoms with van der Waals surface area (Å²) in [5, 5.41) is 7.48. The number of pyridine rings is 1. The number of benzene rings is 3. The number of para-hydroxylation sites is 1. The Balaban J connectivity index is 1.22. The van der Waals surface area contributed by atoms with E-state index in [0.717, 1.165) is 41.2 Å². The van der Waals surface area contributed by atoms with Gasteiger partial charge in [0.2, 0.25) is 5.91 Å². The summed E-state index contributed by atoms with van der Waals surface area (Å²) in [4.78, 5) is 19.7. The Labute approximate surface area is 228 Å². The SMILES string of the molecule is O=C(NCc1cccnc1)[C@@H]1C[C@H](NCc2cccc(Oc3ccccc3)c2)CN1Cc1ccc(Cl)cc1. The van der Waals surface area contributed by atoms with E-state index in [2.05, 4.69) is 32.7 Å². The standard InChI is InChI=1S/C31H31ClN4O2/c32-26-13-11-23(12-14-26)21-36-22-27(17-30(36)31(37)35-20-25-7-5-15-33-18-25)34-19-24-6-4-10-29(16-24)38-28-8-2-1-3-9-28/h1-16,18,27,30,34H,17,19-22H2,(H,35,37)/t27-,30-/m0/s1. The van der Waals surface area contributed by atoms with Gasteiger partial charge in [-0.2, -0.15) is 0 Å². The highest BCUT2D eigenvalue weighted by atomic mass is 35.5. The Morgan fingerprint density at radius 3 is 2.47 bits per heavy atom. The van der Waals surface area contributed by atoms with Crippen molar-refractivity contribution in [3.63, 3.8) is 0 Å². The van der Waals surface area contributed by atoms with Crippen molar-refractivity contribution in [1.29, 1.82) is 0 Å². The average molecular weight is 527 g/mol. The van der Waals surface area contributed by atoms with Gasteiger partial charge in [-0.05, 0) is 65.6 Å². The largest absolute Gasteiger partial charge is 0.457 e. The number of halogens is 1. The highest BCUT2D eigenvalue weighted by Crippen LogP contribution is 2.24. The van der Waals surface area contributed by atoms with E-state index in [-0.39, 0.29) is 18.0 Å². The number of rotatable bonds is 10. The van der Waals surface area contributed by atoms with Gasteiger partial charge in [0, 0.05) is 49.6 Å². The van der Waals surface area contributed by atoms with Crippen LogP contribution in [-0.2, 0) is 24.4 Å². The molecular weight excluding hydrogens is 496 g/mol. The van der Waals surface area contributed by atoms with Crippen molar-refractivity contribution in [3.8, 4) is 11.5 Å². The number of amides is 1. The molecule has 3 aromatic carbocycles. The summed E-state index contributed by atoms with van der Waals surface area (Å²) in [6.07, 6.45) is 4.24. The summed E-state index contributed by atoms with van der Waals surface area (Å²) in [5.74, 6) is 1.65. The monoisotopic (exact) mass is 526 g/mol. The van der Waals surface area contributed by atoms with E-state index >= 15 is 0 Å². The molecule has 1 amide bonds. The minimum Gasteiger partial charge on any atom is -0.457 e. The molecule has 0 spiro atoms. The summed E-state index contributed by atoms with van der Waals surface area (Å²) in [6, 6.07) is 29.5. The first-order valence-corrected chi connectivity index (χ1v) is 13.2. The van der Waals surface area contributed by atoms with Crippen LogP contribution in [0.5, 0.6) is 11.5 Å². The van der Waals surface area contributed by atoms with Crippen molar-refractivity contribution < 1.29 is 9.53 Å². The number of carbonyl (C=O) groups excluding carboxylic acids is 1. The van der Waals surface area contributed by atoms with Crippen LogP contribution in [0.25, 0.3) is 0 Å². The zero-order valence-electron chi connectivity index (χ0n) is 21.1. The molecule has 1 aliphatic rings. The van der Waals surface area contributed by atoms with Crippen LogP contribution < -0.4 is 15.4 Å². The quantitative estimate of drug-likeness (QED) is 0.282. The van der Waals surface area contributed by atoms with Crippen LogP contribution in [0.1, 0.15) is 23.1 Å². The first-order chi connectivity index (χ1) is 18.6. The van der Waals surface area contributed by atoms with Crippen molar-refractivity contribution in [2.24, 2.45) is 0 Å². The summed E-state index contributed by atoms with van der Waals surface area (Å²) < 4.78 is 5.99. The van der Waals surface area contributed by atoms with E-state index in [1.54, 1.807) is 12.4 Å². The predicted octanol–water partition coefficient (Wildman–Crippen LogP) is 5.58. The molecule has 0 bridgehead atoms.